The maximum absolute atomic E-state index is 11.5. The lowest BCUT2D eigenvalue weighted by atomic mass is 10.1. The van der Waals surface area contributed by atoms with Crippen molar-refractivity contribution in [3.05, 3.63) is 35.9 Å². The Morgan fingerprint density at radius 2 is 1.89 bits per heavy atom. The van der Waals surface area contributed by atoms with Gasteiger partial charge in [-0.05, 0) is 12.0 Å². The number of aliphatic hydroxyl groups is 1. The molecular weight excluding hydrogens is 248 g/mol. The minimum Gasteiger partial charge on any atom is -0.481 e. The molecule has 1 aromatic carbocycles. The molecule has 0 aliphatic rings. The number of carboxylic acids is 1. The summed E-state index contributed by atoms with van der Waals surface area (Å²) in [5.41, 5.74) is 0.811. The molecule has 0 saturated heterocycles. The number of hydrogen-bond acceptors (Lipinski definition) is 3. The summed E-state index contributed by atoms with van der Waals surface area (Å²) in [7, 11) is 0. The highest BCUT2D eigenvalue weighted by Gasteiger charge is 2.12. The van der Waals surface area contributed by atoms with Crippen LogP contribution in [0.25, 0.3) is 0 Å². The molecule has 0 saturated carbocycles. The van der Waals surface area contributed by atoms with Crippen LogP contribution in [0, 0.1) is 0 Å². The molecule has 1 atom stereocenters. The molecule has 0 spiro atoms. The van der Waals surface area contributed by atoms with E-state index in [0.717, 1.165) is 5.56 Å². The van der Waals surface area contributed by atoms with E-state index >= 15 is 0 Å². The number of rotatable bonds is 7. The van der Waals surface area contributed by atoms with Crippen LogP contribution in [0.15, 0.2) is 30.3 Å². The topological polar surface area (TPSA) is 98.7 Å². The first-order valence-corrected chi connectivity index (χ1v) is 6.05. The molecular formula is C13H18N2O4. The zero-order chi connectivity index (χ0) is 14.1. The summed E-state index contributed by atoms with van der Waals surface area (Å²) in [6.45, 7) is 0.0810. The summed E-state index contributed by atoms with van der Waals surface area (Å²) in [6, 6.07) is 8.23. The van der Waals surface area contributed by atoms with Crippen molar-refractivity contribution in [2.24, 2.45) is 0 Å². The summed E-state index contributed by atoms with van der Waals surface area (Å²) in [4.78, 5) is 21.8. The maximum atomic E-state index is 11.5. The Hall–Kier alpha value is -2.08. The molecule has 0 unspecified atom stereocenters. The molecule has 2 amide bonds. The zero-order valence-electron chi connectivity index (χ0n) is 10.5. The molecule has 1 rings (SSSR count). The summed E-state index contributed by atoms with van der Waals surface area (Å²) in [5, 5.41) is 22.9. The molecule has 0 aliphatic heterocycles. The predicted molar refractivity (Wildman–Crippen MR) is 69.7 cm³/mol. The monoisotopic (exact) mass is 266 g/mol. The summed E-state index contributed by atoms with van der Waals surface area (Å²) >= 11 is 0. The smallest absolute Gasteiger partial charge is 0.315 e. The van der Waals surface area contributed by atoms with E-state index < -0.39 is 18.0 Å². The Balaban J connectivity index is 2.35. The van der Waals surface area contributed by atoms with Crippen LogP contribution in [-0.2, 0) is 4.79 Å². The highest BCUT2D eigenvalue weighted by molar-refractivity contribution is 5.74. The highest BCUT2D eigenvalue weighted by Crippen LogP contribution is 2.10. The number of carbonyl (C=O) groups excluding carboxylic acids is 1. The Kier molecular flexibility index (Phi) is 6.38. The number of carboxylic acid groups (broad SMARTS) is 1. The van der Waals surface area contributed by atoms with Crippen molar-refractivity contribution in [1.82, 2.24) is 10.6 Å². The third-order valence-electron chi connectivity index (χ3n) is 2.54. The molecule has 104 valence electrons. The SMILES string of the molecule is O=C(O)CCCNC(=O)N[C@@H](CO)c1ccccc1. The standard InChI is InChI=1S/C13H18N2O4/c16-9-11(10-5-2-1-3-6-10)15-13(19)14-8-4-7-12(17)18/h1-3,5-6,11,16H,4,7-9H2,(H,17,18)(H2,14,15,19)/t11-/m0/s1. The predicted octanol–water partition coefficient (Wildman–Crippen LogP) is 0.884. The molecule has 1 aromatic rings. The van der Waals surface area contributed by atoms with Crippen LogP contribution in [-0.4, -0.2) is 35.4 Å². The minimum absolute atomic E-state index is 0.0163. The average molecular weight is 266 g/mol. The number of carbonyl (C=O) groups is 2. The number of aliphatic hydroxyl groups excluding tert-OH is 1. The normalized spacial score (nSPS) is 11.6. The number of urea groups is 1. The van der Waals surface area contributed by atoms with E-state index in [2.05, 4.69) is 10.6 Å². The van der Waals surface area contributed by atoms with E-state index in [1.807, 2.05) is 30.3 Å². The number of benzene rings is 1. The maximum Gasteiger partial charge on any atom is 0.315 e. The van der Waals surface area contributed by atoms with Gasteiger partial charge in [0.05, 0.1) is 12.6 Å². The van der Waals surface area contributed by atoms with Gasteiger partial charge in [-0.1, -0.05) is 30.3 Å². The molecule has 4 N–H and O–H groups in total. The Labute approximate surface area is 111 Å². The van der Waals surface area contributed by atoms with E-state index in [1.165, 1.54) is 0 Å². The fourth-order valence-electron chi connectivity index (χ4n) is 1.57. The van der Waals surface area contributed by atoms with Gasteiger partial charge in [-0.3, -0.25) is 4.79 Å². The molecule has 0 radical (unpaired) electrons. The van der Waals surface area contributed by atoms with Crippen molar-refractivity contribution in [3.8, 4) is 0 Å². The molecule has 6 heteroatoms. The lowest BCUT2D eigenvalue weighted by Crippen LogP contribution is -2.39. The van der Waals surface area contributed by atoms with Crippen molar-refractivity contribution < 1.29 is 19.8 Å². The van der Waals surface area contributed by atoms with Crippen LogP contribution in [0.5, 0.6) is 0 Å². The molecule has 0 heterocycles. The number of aliphatic carboxylic acids is 1. The largest absolute Gasteiger partial charge is 0.481 e. The summed E-state index contributed by atoms with van der Waals surface area (Å²) in [5.74, 6) is -0.889. The van der Waals surface area contributed by atoms with Crippen LogP contribution in [0.1, 0.15) is 24.4 Å². The first-order valence-electron chi connectivity index (χ1n) is 6.05. The van der Waals surface area contributed by atoms with Gasteiger partial charge in [-0.25, -0.2) is 4.79 Å². The van der Waals surface area contributed by atoms with Crippen LogP contribution in [0.4, 0.5) is 4.79 Å². The second-order valence-corrected chi connectivity index (χ2v) is 4.04. The second-order valence-electron chi connectivity index (χ2n) is 4.04. The van der Waals surface area contributed by atoms with Gasteiger partial charge in [0.15, 0.2) is 0 Å². The Bertz CT molecular complexity index is 408. The van der Waals surface area contributed by atoms with Crippen molar-refractivity contribution in [2.75, 3.05) is 13.2 Å². The Morgan fingerprint density at radius 1 is 1.21 bits per heavy atom. The molecule has 0 fully saturated rings. The van der Waals surface area contributed by atoms with E-state index in [4.69, 9.17) is 5.11 Å². The van der Waals surface area contributed by atoms with Gasteiger partial charge in [0.2, 0.25) is 0 Å². The van der Waals surface area contributed by atoms with E-state index in [0.29, 0.717) is 6.42 Å². The molecule has 6 nitrogen and oxygen atoms in total. The third kappa shape index (κ3) is 5.87. The van der Waals surface area contributed by atoms with Crippen molar-refractivity contribution in [2.45, 2.75) is 18.9 Å². The lowest BCUT2D eigenvalue weighted by Gasteiger charge is -2.17. The number of nitrogens with one attached hydrogen (secondary N) is 2. The van der Waals surface area contributed by atoms with Crippen LogP contribution in [0.2, 0.25) is 0 Å². The fraction of sp³-hybridized carbons (Fsp3) is 0.385. The van der Waals surface area contributed by atoms with Crippen molar-refractivity contribution >= 4 is 12.0 Å². The Morgan fingerprint density at radius 3 is 2.47 bits per heavy atom. The van der Waals surface area contributed by atoms with Gasteiger partial charge < -0.3 is 20.8 Å². The van der Waals surface area contributed by atoms with E-state index in [-0.39, 0.29) is 19.6 Å². The van der Waals surface area contributed by atoms with Crippen molar-refractivity contribution in [3.63, 3.8) is 0 Å². The lowest BCUT2D eigenvalue weighted by molar-refractivity contribution is -0.137. The van der Waals surface area contributed by atoms with Crippen LogP contribution >= 0.6 is 0 Å². The molecule has 0 aliphatic carbocycles. The number of hydrogen-bond donors (Lipinski definition) is 4. The summed E-state index contributed by atoms with van der Waals surface area (Å²) < 4.78 is 0. The van der Waals surface area contributed by atoms with Gasteiger partial charge >= 0.3 is 12.0 Å². The van der Waals surface area contributed by atoms with Gasteiger partial charge in [0.1, 0.15) is 0 Å². The average Bonchev–Trinajstić information content (AvgIpc) is 2.41. The zero-order valence-corrected chi connectivity index (χ0v) is 10.5. The van der Waals surface area contributed by atoms with Gasteiger partial charge in [-0.15, -0.1) is 0 Å². The summed E-state index contributed by atoms with van der Waals surface area (Å²) in [6.07, 6.45) is 0.389. The first kappa shape index (κ1) is 15.0. The van der Waals surface area contributed by atoms with Gasteiger partial charge in [0, 0.05) is 13.0 Å². The second kappa shape index (κ2) is 8.10. The molecule has 19 heavy (non-hydrogen) atoms. The van der Waals surface area contributed by atoms with Crippen LogP contribution < -0.4 is 10.6 Å². The molecule has 0 aromatic heterocycles. The fourth-order valence-corrected chi connectivity index (χ4v) is 1.57. The van der Waals surface area contributed by atoms with Crippen molar-refractivity contribution in [1.29, 1.82) is 0 Å². The van der Waals surface area contributed by atoms with E-state index in [9.17, 15) is 14.7 Å². The number of amides is 2. The molecule has 0 bridgehead atoms. The highest BCUT2D eigenvalue weighted by atomic mass is 16.4. The quantitative estimate of drug-likeness (QED) is 0.551. The van der Waals surface area contributed by atoms with E-state index in [1.54, 1.807) is 0 Å². The van der Waals surface area contributed by atoms with Gasteiger partial charge in [0.25, 0.3) is 0 Å². The minimum atomic E-state index is -0.889. The van der Waals surface area contributed by atoms with Crippen LogP contribution in [0.3, 0.4) is 0 Å². The van der Waals surface area contributed by atoms with Gasteiger partial charge in [-0.2, -0.15) is 0 Å². The first-order chi connectivity index (χ1) is 9.13. The third-order valence-corrected chi connectivity index (χ3v) is 2.54.